The predicted octanol–water partition coefficient (Wildman–Crippen LogP) is 3.15. The Labute approximate surface area is 122 Å². The van der Waals surface area contributed by atoms with Crippen molar-refractivity contribution >= 4 is 15.9 Å². The standard InChI is InChI=1S/C14H20BrN3O/c1-5-10-14(15)12(18(4)17-10)8-11(16-3)13-7-6-9(2)19-13/h6-7,11,16H,5,8H2,1-4H3. The van der Waals surface area contributed by atoms with E-state index in [1.807, 2.05) is 37.8 Å². The van der Waals surface area contributed by atoms with Gasteiger partial charge in [0.2, 0.25) is 0 Å². The first kappa shape index (κ1) is 14.3. The Morgan fingerprint density at radius 2 is 2.21 bits per heavy atom. The van der Waals surface area contributed by atoms with Gasteiger partial charge in [-0.2, -0.15) is 5.10 Å². The maximum absolute atomic E-state index is 5.71. The molecule has 4 nitrogen and oxygen atoms in total. The number of hydrogen-bond donors (Lipinski definition) is 1. The zero-order valence-corrected chi connectivity index (χ0v) is 13.4. The Kier molecular flexibility index (Phi) is 4.47. The zero-order chi connectivity index (χ0) is 14.0. The molecule has 5 heteroatoms. The van der Waals surface area contributed by atoms with Crippen LogP contribution in [0.3, 0.4) is 0 Å². The van der Waals surface area contributed by atoms with Gasteiger partial charge in [0.05, 0.1) is 21.9 Å². The van der Waals surface area contributed by atoms with Gasteiger partial charge in [0.1, 0.15) is 11.5 Å². The van der Waals surface area contributed by atoms with Crippen LogP contribution in [0.25, 0.3) is 0 Å². The van der Waals surface area contributed by atoms with E-state index in [2.05, 4.69) is 33.3 Å². The highest BCUT2D eigenvalue weighted by Gasteiger charge is 2.19. The highest BCUT2D eigenvalue weighted by molar-refractivity contribution is 9.10. The maximum atomic E-state index is 5.71. The molecule has 2 heterocycles. The van der Waals surface area contributed by atoms with Crippen molar-refractivity contribution in [1.29, 1.82) is 0 Å². The van der Waals surface area contributed by atoms with E-state index in [1.54, 1.807) is 0 Å². The molecule has 0 aliphatic heterocycles. The second kappa shape index (κ2) is 5.92. The molecule has 2 rings (SSSR count). The fourth-order valence-electron chi connectivity index (χ4n) is 2.22. The number of furan rings is 1. The summed E-state index contributed by atoms with van der Waals surface area (Å²) < 4.78 is 8.77. The minimum absolute atomic E-state index is 0.158. The molecule has 0 aliphatic carbocycles. The summed E-state index contributed by atoms with van der Waals surface area (Å²) in [6.45, 7) is 4.08. The third-order valence-corrected chi connectivity index (χ3v) is 4.27. The molecule has 0 fully saturated rings. The van der Waals surface area contributed by atoms with Gasteiger partial charge in [0.15, 0.2) is 0 Å². The van der Waals surface area contributed by atoms with Crippen molar-refractivity contribution in [2.75, 3.05) is 7.05 Å². The molecule has 0 spiro atoms. The normalized spacial score (nSPS) is 12.9. The highest BCUT2D eigenvalue weighted by Crippen LogP contribution is 2.27. The molecule has 2 aromatic heterocycles. The minimum atomic E-state index is 0.158. The first-order valence-electron chi connectivity index (χ1n) is 6.50. The number of likely N-dealkylation sites (N-methyl/N-ethyl adjacent to an activating group) is 1. The van der Waals surface area contributed by atoms with Crippen molar-refractivity contribution in [3.8, 4) is 0 Å². The molecule has 0 saturated heterocycles. The smallest absolute Gasteiger partial charge is 0.121 e. The number of aryl methyl sites for hydroxylation is 3. The monoisotopic (exact) mass is 325 g/mol. The van der Waals surface area contributed by atoms with E-state index in [0.29, 0.717) is 0 Å². The van der Waals surface area contributed by atoms with Gasteiger partial charge in [0, 0.05) is 13.5 Å². The van der Waals surface area contributed by atoms with Gasteiger partial charge in [-0.25, -0.2) is 0 Å². The second-order valence-corrected chi connectivity index (χ2v) is 5.47. The fraction of sp³-hybridized carbons (Fsp3) is 0.500. The van der Waals surface area contributed by atoms with Crippen molar-refractivity contribution in [3.63, 3.8) is 0 Å². The van der Waals surface area contributed by atoms with E-state index >= 15 is 0 Å². The van der Waals surface area contributed by atoms with Crippen molar-refractivity contribution < 1.29 is 4.42 Å². The van der Waals surface area contributed by atoms with Crippen molar-refractivity contribution in [3.05, 3.63) is 39.5 Å². The average Bonchev–Trinajstić information content (AvgIpc) is 2.92. The highest BCUT2D eigenvalue weighted by atomic mass is 79.9. The molecule has 2 aromatic rings. The van der Waals surface area contributed by atoms with Crippen LogP contribution in [0, 0.1) is 6.92 Å². The minimum Gasteiger partial charge on any atom is -0.465 e. The summed E-state index contributed by atoms with van der Waals surface area (Å²) in [4.78, 5) is 0. The fourth-order valence-corrected chi connectivity index (χ4v) is 3.00. The van der Waals surface area contributed by atoms with Crippen molar-refractivity contribution in [2.24, 2.45) is 7.05 Å². The number of halogens is 1. The number of nitrogens with one attached hydrogen (secondary N) is 1. The van der Waals surface area contributed by atoms with Gasteiger partial charge in [-0.1, -0.05) is 6.92 Å². The Bertz CT molecular complexity index is 559. The van der Waals surface area contributed by atoms with Crippen molar-refractivity contribution in [2.45, 2.75) is 32.7 Å². The Hall–Kier alpha value is -1.07. The van der Waals surface area contributed by atoms with Gasteiger partial charge in [-0.15, -0.1) is 0 Å². The molecule has 1 N–H and O–H groups in total. The third-order valence-electron chi connectivity index (χ3n) is 3.35. The van der Waals surface area contributed by atoms with E-state index in [4.69, 9.17) is 4.42 Å². The molecule has 0 aliphatic rings. The Morgan fingerprint density at radius 1 is 1.47 bits per heavy atom. The number of hydrogen-bond acceptors (Lipinski definition) is 3. The molecule has 0 amide bonds. The summed E-state index contributed by atoms with van der Waals surface area (Å²) >= 11 is 3.66. The van der Waals surface area contributed by atoms with Gasteiger partial charge in [0.25, 0.3) is 0 Å². The van der Waals surface area contributed by atoms with Crippen LogP contribution >= 0.6 is 15.9 Å². The van der Waals surface area contributed by atoms with Crippen LogP contribution in [-0.2, 0) is 19.9 Å². The number of rotatable bonds is 5. The molecule has 0 radical (unpaired) electrons. The Balaban J connectivity index is 2.26. The second-order valence-electron chi connectivity index (χ2n) is 4.68. The average molecular weight is 326 g/mol. The van der Waals surface area contributed by atoms with Crippen LogP contribution in [0.1, 0.15) is 35.9 Å². The summed E-state index contributed by atoms with van der Waals surface area (Å²) in [5.41, 5.74) is 2.29. The summed E-state index contributed by atoms with van der Waals surface area (Å²) in [6.07, 6.45) is 1.77. The lowest BCUT2D eigenvalue weighted by Gasteiger charge is -2.14. The molecule has 1 atom stereocenters. The lowest BCUT2D eigenvalue weighted by molar-refractivity contribution is 0.409. The van der Waals surface area contributed by atoms with E-state index in [-0.39, 0.29) is 6.04 Å². The predicted molar refractivity (Wildman–Crippen MR) is 79.2 cm³/mol. The third kappa shape index (κ3) is 2.92. The van der Waals surface area contributed by atoms with Gasteiger partial charge >= 0.3 is 0 Å². The molecule has 0 bridgehead atoms. The van der Waals surface area contributed by atoms with Gasteiger partial charge in [-0.05, 0) is 48.5 Å². The maximum Gasteiger partial charge on any atom is 0.121 e. The lowest BCUT2D eigenvalue weighted by Crippen LogP contribution is -2.19. The van der Waals surface area contributed by atoms with Crippen LogP contribution in [0.2, 0.25) is 0 Å². The molecule has 0 aromatic carbocycles. The molecular formula is C14H20BrN3O. The number of nitrogens with zero attached hydrogens (tertiary/aromatic N) is 2. The summed E-state index contributed by atoms with van der Waals surface area (Å²) in [6, 6.07) is 4.18. The Morgan fingerprint density at radius 3 is 2.68 bits per heavy atom. The molecule has 104 valence electrons. The first-order valence-corrected chi connectivity index (χ1v) is 7.30. The molecule has 19 heavy (non-hydrogen) atoms. The van der Waals surface area contributed by atoms with Crippen LogP contribution in [0.4, 0.5) is 0 Å². The van der Waals surface area contributed by atoms with E-state index in [0.717, 1.165) is 34.5 Å². The van der Waals surface area contributed by atoms with Crippen LogP contribution in [0.15, 0.2) is 21.0 Å². The largest absolute Gasteiger partial charge is 0.465 e. The van der Waals surface area contributed by atoms with Crippen molar-refractivity contribution in [1.82, 2.24) is 15.1 Å². The molecular weight excluding hydrogens is 306 g/mol. The summed E-state index contributed by atoms with van der Waals surface area (Å²) in [7, 11) is 3.94. The SMILES string of the molecule is CCc1nn(C)c(CC(NC)c2ccc(C)o2)c1Br. The van der Waals surface area contributed by atoms with Gasteiger partial charge in [-0.3, -0.25) is 4.68 Å². The van der Waals surface area contributed by atoms with Crippen LogP contribution in [0.5, 0.6) is 0 Å². The van der Waals surface area contributed by atoms with Crippen LogP contribution < -0.4 is 5.32 Å². The summed E-state index contributed by atoms with van der Waals surface area (Å²) in [5.74, 6) is 1.90. The van der Waals surface area contributed by atoms with E-state index < -0.39 is 0 Å². The van der Waals surface area contributed by atoms with Crippen LogP contribution in [-0.4, -0.2) is 16.8 Å². The number of aromatic nitrogens is 2. The topological polar surface area (TPSA) is 43.0 Å². The van der Waals surface area contributed by atoms with Gasteiger partial charge < -0.3 is 9.73 Å². The van der Waals surface area contributed by atoms with E-state index in [1.165, 1.54) is 5.69 Å². The summed E-state index contributed by atoms with van der Waals surface area (Å²) in [5, 5.41) is 7.83. The molecule has 0 saturated carbocycles. The van der Waals surface area contributed by atoms with E-state index in [9.17, 15) is 0 Å². The quantitative estimate of drug-likeness (QED) is 0.918. The lowest BCUT2D eigenvalue weighted by atomic mass is 10.1. The zero-order valence-electron chi connectivity index (χ0n) is 11.8. The first-order chi connectivity index (χ1) is 9.06. The molecule has 1 unspecified atom stereocenters.